The number of alkyl halides is 3. The molecule has 2 fully saturated rings. The molecule has 2 amide bonds. The zero-order chi connectivity index (χ0) is 25.8. The Hall–Kier alpha value is -2.75. The summed E-state index contributed by atoms with van der Waals surface area (Å²) in [5, 5.41) is 4.02. The van der Waals surface area contributed by atoms with E-state index in [1.165, 1.54) is 0 Å². The number of carbonyl (C=O) groups excluding carboxylic acids is 2. The topological polar surface area (TPSA) is 67.7 Å². The van der Waals surface area contributed by atoms with Crippen molar-refractivity contribution < 1.29 is 27.5 Å². The fourth-order valence-corrected chi connectivity index (χ4v) is 4.99. The van der Waals surface area contributed by atoms with E-state index in [2.05, 4.69) is 5.10 Å². The molecule has 2 aliphatic heterocycles. The van der Waals surface area contributed by atoms with E-state index in [-0.39, 0.29) is 18.4 Å². The van der Waals surface area contributed by atoms with Crippen molar-refractivity contribution in [2.24, 2.45) is 5.41 Å². The number of ether oxygens (including phenoxy) is 1. The molecule has 0 radical (unpaired) electrons. The van der Waals surface area contributed by atoms with Crippen LogP contribution in [0, 0.1) is 5.41 Å². The minimum atomic E-state index is -4.55. The Morgan fingerprint density at radius 2 is 1.69 bits per heavy atom. The maximum atomic E-state index is 13.1. The number of benzene rings is 1. The fraction of sp³-hybridized carbons (Fsp3) is 0.560. The van der Waals surface area contributed by atoms with Crippen LogP contribution < -0.4 is 4.74 Å². The molecule has 4 rings (SSSR count). The largest absolute Gasteiger partial charge is 0.493 e. The van der Waals surface area contributed by atoms with Crippen LogP contribution in [0.4, 0.5) is 13.2 Å². The summed E-state index contributed by atoms with van der Waals surface area (Å²) in [6, 6.07) is 7.94. The van der Waals surface area contributed by atoms with Crippen LogP contribution in [0.3, 0.4) is 0 Å². The zero-order valence-electron chi connectivity index (χ0n) is 20.0. The molecule has 2 aromatic rings. The molecule has 0 unspecified atom stereocenters. The van der Waals surface area contributed by atoms with Gasteiger partial charge in [-0.05, 0) is 56.4 Å². The van der Waals surface area contributed by atoms with Gasteiger partial charge in [0.15, 0.2) is 5.69 Å². The lowest BCUT2D eigenvalue weighted by atomic mass is 9.75. The highest BCUT2D eigenvalue weighted by atomic mass is 35.5. The highest BCUT2D eigenvalue weighted by molar-refractivity contribution is 6.30. The second kappa shape index (κ2) is 11.1. The van der Waals surface area contributed by atoms with Crippen LogP contribution in [0.15, 0.2) is 36.5 Å². The highest BCUT2D eigenvalue weighted by Crippen LogP contribution is 2.37. The number of amides is 2. The van der Waals surface area contributed by atoms with Gasteiger partial charge in [-0.3, -0.25) is 14.3 Å². The van der Waals surface area contributed by atoms with Gasteiger partial charge in [-0.2, -0.15) is 18.3 Å². The second-order valence-corrected chi connectivity index (χ2v) is 10.1. The lowest BCUT2D eigenvalue weighted by Crippen LogP contribution is -2.49. The van der Waals surface area contributed by atoms with Gasteiger partial charge in [0.05, 0.1) is 6.61 Å². The summed E-state index contributed by atoms with van der Waals surface area (Å²) in [6.45, 7) is 2.34. The third-order valence-corrected chi connectivity index (χ3v) is 7.22. The van der Waals surface area contributed by atoms with E-state index in [4.69, 9.17) is 16.3 Å². The zero-order valence-corrected chi connectivity index (χ0v) is 20.7. The Kier molecular flexibility index (Phi) is 8.12. The molecule has 7 nitrogen and oxygen atoms in total. The first-order valence-corrected chi connectivity index (χ1v) is 12.6. The van der Waals surface area contributed by atoms with E-state index in [0.717, 1.165) is 49.3 Å². The molecular weight excluding hydrogens is 497 g/mol. The first-order chi connectivity index (χ1) is 17.1. The molecule has 1 aromatic carbocycles. The fourth-order valence-electron chi connectivity index (χ4n) is 4.81. The molecule has 2 saturated heterocycles. The summed E-state index contributed by atoms with van der Waals surface area (Å²) in [5.74, 6) is 0.406. The maximum Gasteiger partial charge on any atom is 0.435 e. The summed E-state index contributed by atoms with van der Waals surface area (Å²) in [4.78, 5) is 29.5. The standard InChI is InChI=1S/C25H30ClF3N4O3/c26-19-5-4-6-20(15-19)36-18-24(16-22(34)31-10-2-1-3-11-31)8-13-32(14-9-24)23(35)17-33-12-7-21(30-33)25(27,28)29/h4-7,12,15H,1-3,8-11,13-14,16-18H2. The number of rotatable bonds is 7. The number of piperidine rings is 2. The minimum absolute atomic E-state index is 0.0976. The number of nitrogens with zero attached hydrogens (tertiary/aromatic N) is 4. The lowest BCUT2D eigenvalue weighted by Gasteiger charge is -2.42. The maximum absolute atomic E-state index is 13.1. The molecule has 0 aliphatic carbocycles. The molecule has 1 aromatic heterocycles. The average molecular weight is 527 g/mol. The van der Waals surface area contributed by atoms with Crippen LogP contribution in [0.2, 0.25) is 5.02 Å². The number of likely N-dealkylation sites (tertiary alicyclic amines) is 2. The molecule has 2 aliphatic rings. The van der Waals surface area contributed by atoms with Gasteiger partial charge in [0.1, 0.15) is 12.3 Å². The third-order valence-electron chi connectivity index (χ3n) is 6.98. The molecule has 11 heteroatoms. The summed E-state index contributed by atoms with van der Waals surface area (Å²) in [5.41, 5.74) is -1.48. The van der Waals surface area contributed by atoms with Crippen molar-refractivity contribution in [1.82, 2.24) is 19.6 Å². The smallest absolute Gasteiger partial charge is 0.435 e. The number of aromatic nitrogens is 2. The van der Waals surface area contributed by atoms with Crippen molar-refractivity contribution in [1.29, 1.82) is 0 Å². The van der Waals surface area contributed by atoms with Gasteiger partial charge < -0.3 is 14.5 Å². The average Bonchev–Trinajstić information content (AvgIpc) is 3.33. The van der Waals surface area contributed by atoms with Gasteiger partial charge in [-0.1, -0.05) is 17.7 Å². The lowest BCUT2D eigenvalue weighted by molar-refractivity contribution is -0.143. The van der Waals surface area contributed by atoms with E-state index in [0.29, 0.717) is 49.7 Å². The molecule has 0 bridgehead atoms. The van der Waals surface area contributed by atoms with Crippen molar-refractivity contribution in [3.05, 3.63) is 47.2 Å². The Balaban J connectivity index is 1.40. The summed E-state index contributed by atoms with van der Waals surface area (Å²) in [6.07, 6.45) is 1.16. The summed E-state index contributed by atoms with van der Waals surface area (Å²) < 4.78 is 45.5. The van der Waals surface area contributed by atoms with Crippen LogP contribution in [0.5, 0.6) is 5.75 Å². The molecule has 3 heterocycles. The molecule has 0 atom stereocenters. The Morgan fingerprint density at radius 1 is 1.00 bits per heavy atom. The van der Waals surface area contributed by atoms with Crippen LogP contribution in [0.1, 0.15) is 44.2 Å². The van der Waals surface area contributed by atoms with Crippen LogP contribution >= 0.6 is 11.6 Å². The normalized spacial score (nSPS) is 18.2. The monoisotopic (exact) mass is 526 g/mol. The molecule has 36 heavy (non-hydrogen) atoms. The van der Waals surface area contributed by atoms with Gasteiger partial charge in [-0.25, -0.2) is 0 Å². The number of hydrogen-bond acceptors (Lipinski definition) is 4. The van der Waals surface area contributed by atoms with Crippen molar-refractivity contribution in [2.75, 3.05) is 32.8 Å². The van der Waals surface area contributed by atoms with Crippen molar-refractivity contribution in [2.45, 2.75) is 51.2 Å². The molecule has 0 saturated carbocycles. The highest BCUT2D eigenvalue weighted by Gasteiger charge is 2.40. The van der Waals surface area contributed by atoms with Crippen molar-refractivity contribution in [3.8, 4) is 5.75 Å². The molecule has 0 N–H and O–H groups in total. The SMILES string of the molecule is O=C(Cn1ccc(C(F)(F)F)n1)N1CCC(COc2cccc(Cl)c2)(CC(=O)N2CCCCC2)CC1. The second-order valence-electron chi connectivity index (χ2n) is 9.64. The predicted molar refractivity (Wildman–Crippen MR) is 127 cm³/mol. The first-order valence-electron chi connectivity index (χ1n) is 12.2. The molecule has 0 spiro atoms. The third kappa shape index (κ3) is 6.72. The molecule has 196 valence electrons. The van der Waals surface area contributed by atoms with Gasteiger partial charge in [-0.15, -0.1) is 0 Å². The summed E-state index contributed by atoms with van der Waals surface area (Å²) in [7, 11) is 0. The van der Waals surface area contributed by atoms with E-state index in [1.54, 1.807) is 23.1 Å². The van der Waals surface area contributed by atoms with Gasteiger partial charge >= 0.3 is 6.18 Å². The van der Waals surface area contributed by atoms with E-state index >= 15 is 0 Å². The van der Waals surface area contributed by atoms with Crippen LogP contribution in [0.25, 0.3) is 0 Å². The number of halogens is 4. The van der Waals surface area contributed by atoms with Crippen molar-refractivity contribution in [3.63, 3.8) is 0 Å². The van der Waals surface area contributed by atoms with Crippen LogP contribution in [-0.2, 0) is 22.3 Å². The van der Waals surface area contributed by atoms with Crippen molar-refractivity contribution >= 4 is 23.4 Å². The molecular formula is C25H30ClF3N4O3. The van der Waals surface area contributed by atoms with E-state index < -0.39 is 17.3 Å². The number of carbonyl (C=O) groups is 2. The Morgan fingerprint density at radius 3 is 2.33 bits per heavy atom. The minimum Gasteiger partial charge on any atom is -0.493 e. The Labute approximate surface area is 213 Å². The summed E-state index contributed by atoms with van der Waals surface area (Å²) >= 11 is 6.08. The van der Waals surface area contributed by atoms with E-state index in [9.17, 15) is 22.8 Å². The quantitative estimate of drug-likeness (QED) is 0.527. The van der Waals surface area contributed by atoms with Gasteiger partial charge in [0.2, 0.25) is 11.8 Å². The van der Waals surface area contributed by atoms with Crippen LogP contribution in [-0.4, -0.2) is 64.2 Å². The Bertz CT molecular complexity index is 1060. The van der Waals surface area contributed by atoms with Gasteiger partial charge in [0.25, 0.3) is 0 Å². The predicted octanol–water partition coefficient (Wildman–Crippen LogP) is 4.65. The first kappa shape index (κ1) is 26.3. The van der Waals surface area contributed by atoms with E-state index in [1.807, 2.05) is 11.0 Å². The number of hydrogen-bond donors (Lipinski definition) is 0. The van der Waals surface area contributed by atoms with Gasteiger partial charge in [0, 0.05) is 49.2 Å².